The molecule has 2 aromatic rings. The smallest absolute Gasteiger partial charge is 0.229 e. The minimum atomic E-state index is -0.00947. The summed E-state index contributed by atoms with van der Waals surface area (Å²) in [5, 5.41) is 4.20. The van der Waals surface area contributed by atoms with Gasteiger partial charge in [-0.15, -0.1) is 0 Å². The summed E-state index contributed by atoms with van der Waals surface area (Å²) in [6.07, 6.45) is 0.454. The highest BCUT2D eigenvalue weighted by molar-refractivity contribution is 6.30. The van der Waals surface area contributed by atoms with Gasteiger partial charge in [-0.25, -0.2) is 0 Å². The van der Waals surface area contributed by atoms with Crippen molar-refractivity contribution in [2.24, 2.45) is 0 Å². The molecule has 0 aliphatic carbocycles. The molecular weight excluding hydrogens is 284 g/mol. The van der Waals surface area contributed by atoms with E-state index in [1.807, 2.05) is 50.4 Å². The Hall–Kier alpha value is -2.00. The Kier molecular flexibility index (Phi) is 3.60. The Bertz CT molecular complexity index is 699. The zero-order valence-corrected chi connectivity index (χ0v) is 12.8. The van der Waals surface area contributed by atoms with E-state index < -0.39 is 0 Å². The van der Waals surface area contributed by atoms with E-state index in [1.165, 1.54) is 0 Å². The number of hydrogen-bond donors (Lipinski definition) is 1. The van der Waals surface area contributed by atoms with E-state index in [1.54, 1.807) is 4.90 Å². The zero-order valence-electron chi connectivity index (χ0n) is 12.1. The highest BCUT2D eigenvalue weighted by Crippen LogP contribution is 2.36. The summed E-state index contributed by atoms with van der Waals surface area (Å²) in [7, 11) is 1.82. The molecular formula is C17H17ClN2O. The second-order valence-electron chi connectivity index (χ2n) is 5.37. The molecule has 0 saturated heterocycles. The number of anilines is 2. The van der Waals surface area contributed by atoms with Crippen molar-refractivity contribution in [1.82, 2.24) is 0 Å². The number of benzene rings is 2. The summed E-state index contributed by atoms with van der Waals surface area (Å²) < 4.78 is 0. The molecule has 1 atom stereocenters. The maximum absolute atomic E-state index is 12.2. The lowest BCUT2D eigenvalue weighted by atomic mass is 9.95. The molecule has 1 N–H and O–H groups in total. The van der Waals surface area contributed by atoms with Gasteiger partial charge in [-0.2, -0.15) is 0 Å². The second kappa shape index (κ2) is 5.41. The molecule has 1 heterocycles. The standard InChI is InChI=1S/C17H17ClN2O/c1-11-9-12(18)7-8-14(11)19-15-10-17(21)20(2)16-6-4-3-5-13(15)16/h3-9,15,19H,10H2,1-2H3. The topological polar surface area (TPSA) is 32.3 Å². The van der Waals surface area contributed by atoms with Crippen molar-refractivity contribution in [3.8, 4) is 0 Å². The summed E-state index contributed by atoms with van der Waals surface area (Å²) in [5.74, 6) is 0.123. The van der Waals surface area contributed by atoms with Crippen molar-refractivity contribution in [3.63, 3.8) is 0 Å². The molecule has 0 spiro atoms. The molecule has 1 amide bonds. The molecule has 3 nitrogen and oxygen atoms in total. The zero-order chi connectivity index (χ0) is 15.0. The van der Waals surface area contributed by atoms with E-state index >= 15 is 0 Å². The molecule has 0 bridgehead atoms. The lowest BCUT2D eigenvalue weighted by Crippen LogP contribution is -2.35. The van der Waals surface area contributed by atoms with Gasteiger partial charge in [0.2, 0.25) is 5.91 Å². The molecule has 3 rings (SSSR count). The van der Waals surface area contributed by atoms with Gasteiger partial charge >= 0.3 is 0 Å². The van der Waals surface area contributed by atoms with Gasteiger partial charge in [-0.1, -0.05) is 29.8 Å². The summed E-state index contributed by atoms with van der Waals surface area (Å²) in [6, 6.07) is 13.8. The van der Waals surface area contributed by atoms with Gasteiger partial charge in [0.05, 0.1) is 12.5 Å². The third kappa shape index (κ3) is 2.61. The minimum absolute atomic E-state index is 0.00947. The number of nitrogens with zero attached hydrogens (tertiary/aromatic N) is 1. The van der Waals surface area contributed by atoms with E-state index in [-0.39, 0.29) is 11.9 Å². The van der Waals surface area contributed by atoms with E-state index in [2.05, 4.69) is 11.4 Å². The van der Waals surface area contributed by atoms with E-state index in [9.17, 15) is 4.79 Å². The Labute approximate surface area is 129 Å². The van der Waals surface area contributed by atoms with Crippen LogP contribution < -0.4 is 10.2 Å². The van der Waals surface area contributed by atoms with Crippen molar-refractivity contribution in [3.05, 3.63) is 58.6 Å². The van der Waals surface area contributed by atoms with Crippen molar-refractivity contribution in [2.75, 3.05) is 17.3 Å². The Morgan fingerprint density at radius 1 is 1.24 bits per heavy atom. The van der Waals surface area contributed by atoms with E-state index in [0.717, 1.165) is 27.5 Å². The number of carbonyl (C=O) groups is 1. The first-order valence-corrected chi connectivity index (χ1v) is 7.32. The predicted molar refractivity (Wildman–Crippen MR) is 87.0 cm³/mol. The van der Waals surface area contributed by atoms with Crippen LogP contribution in [-0.2, 0) is 4.79 Å². The fourth-order valence-electron chi connectivity index (χ4n) is 2.75. The number of hydrogen-bond acceptors (Lipinski definition) is 2. The van der Waals surface area contributed by atoms with Crippen LogP contribution in [-0.4, -0.2) is 13.0 Å². The number of rotatable bonds is 2. The van der Waals surface area contributed by atoms with Crippen LogP contribution in [0.15, 0.2) is 42.5 Å². The van der Waals surface area contributed by atoms with Crippen LogP contribution in [0.25, 0.3) is 0 Å². The first-order chi connectivity index (χ1) is 10.1. The largest absolute Gasteiger partial charge is 0.377 e. The Morgan fingerprint density at radius 3 is 2.76 bits per heavy atom. The summed E-state index contributed by atoms with van der Waals surface area (Å²) in [6.45, 7) is 2.01. The van der Waals surface area contributed by atoms with Crippen molar-refractivity contribution >= 4 is 28.9 Å². The van der Waals surface area contributed by atoms with Gasteiger partial charge < -0.3 is 10.2 Å². The molecule has 108 valence electrons. The number of fused-ring (bicyclic) bond motifs is 1. The van der Waals surface area contributed by atoms with Gasteiger partial charge in [-0.05, 0) is 42.3 Å². The minimum Gasteiger partial charge on any atom is -0.377 e. The van der Waals surface area contributed by atoms with Gasteiger partial charge in [0, 0.05) is 23.4 Å². The molecule has 0 radical (unpaired) electrons. The van der Waals surface area contributed by atoms with Crippen molar-refractivity contribution in [2.45, 2.75) is 19.4 Å². The third-order valence-corrected chi connectivity index (χ3v) is 4.18. The fraction of sp³-hybridized carbons (Fsp3) is 0.235. The van der Waals surface area contributed by atoms with Crippen LogP contribution in [0.3, 0.4) is 0 Å². The third-order valence-electron chi connectivity index (χ3n) is 3.94. The molecule has 4 heteroatoms. The fourth-order valence-corrected chi connectivity index (χ4v) is 2.98. The monoisotopic (exact) mass is 300 g/mol. The van der Waals surface area contributed by atoms with E-state index in [4.69, 9.17) is 11.6 Å². The van der Waals surface area contributed by atoms with Crippen LogP contribution in [0.5, 0.6) is 0 Å². The van der Waals surface area contributed by atoms with Gasteiger partial charge in [0.1, 0.15) is 0 Å². The van der Waals surface area contributed by atoms with Gasteiger partial charge in [-0.3, -0.25) is 4.79 Å². The number of halogens is 1. The van der Waals surface area contributed by atoms with Crippen LogP contribution in [0.2, 0.25) is 5.02 Å². The summed E-state index contributed by atoms with van der Waals surface area (Å²) in [5.41, 5.74) is 4.20. The molecule has 1 unspecified atom stereocenters. The average molecular weight is 301 g/mol. The van der Waals surface area contributed by atoms with E-state index in [0.29, 0.717) is 6.42 Å². The highest BCUT2D eigenvalue weighted by Gasteiger charge is 2.28. The quantitative estimate of drug-likeness (QED) is 0.903. The molecule has 1 aliphatic heterocycles. The number of aryl methyl sites for hydroxylation is 1. The first kappa shape index (κ1) is 14.0. The van der Waals surface area contributed by atoms with Crippen LogP contribution in [0, 0.1) is 6.92 Å². The maximum Gasteiger partial charge on any atom is 0.229 e. The summed E-state index contributed by atoms with van der Waals surface area (Å²) >= 11 is 5.99. The molecule has 1 aliphatic rings. The number of carbonyl (C=O) groups excluding carboxylic acids is 1. The van der Waals surface area contributed by atoms with Gasteiger partial charge in [0.25, 0.3) is 0 Å². The summed E-state index contributed by atoms with van der Waals surface area (Å²) in [4.78, 5) is 13.9. The maximum atomic E-state index is 12.2. The van der Waals surface area contributed by atoms with Crippen molar-refractivity contribution in [1.29, 1.82) is 0 Å². The lowest BCUT2D eigenvalue weighted by Gasteiger charge is -2.32. The second-order valence-corrected chi connectivity index (χ2v) is 5.81. The SMILES string of the molecule is Cc1cc(Cl)ccc1NC1CC(=O)N(C)c2ccccc21. The number of amides is 1. The molecule has 0 aromatic heterocycles. The highest BCUT2D eigenvalue weighted by atomic mass is 35.5. The molecule has 0 fully saturated rings. The van der Waals surface area contributed by atoms with Crippen molar-refractivity contribution < 1.29 is 4.79 Å². The van der Waals surface area contributed by atoms with Crippen LogP contribution in [0.4, 0.5) is 11.4 Å². The Morgan fingerprint density at radius 2 is 2.00 bits per heavy atom. The normalized spacial score (nSPS) is 17.6. The first-order valence-electron chi connectivity index (χ1n) is 6.94. The molecule has 0 saturated carbocycles. The van der Waals surface area contributed by atoms with Gasteiger partial charge in [0.15, 0.2) is 0 Å². The number of para-hydroxylation sites is 1. The molecule has 21 heavy (non-hydrogen) atoms. The average Bonchev–Trinajstić information content (AvgIpc) is 2.47. The number of nitrogens with one attached hydrogen (secondary N) is 1. The lowest BCUT2D eigenvalue weighted by molar-refractivity contribution is -0.118. The molecule has 2 aromatic carbocycles. The predicted octanol–water partition coefficient (Wildman–Crippen LogP) is 4.17. The van der Waals surface area contributed by atoms with Crippen LogP contribution in [0.1, 0.15) is 23.6 Å². The van der Waals surface area contributed by atoms with Crippen LogP contribution >= 0.6 is 11.6 Å². The Balaban J connectivity index is 1.96.